The third-order valence-electron chi connectivity index (χ3n) is 3.64. The minimum atomic E-state index is -0.283. The van der Waals surface area contributed by atoms with E-state index in [1.807, 2.05) is 0 Å². The van der Waals surface area contributed by atoms with Gasteiger partial charge in [-0.2, -0.15) is 0 Å². The standard InChI is InChI=1S/C13H23NO3/c1-11-6-14(7-12(2)17-11)8-13(9-15)4-3-5-16-10-13/h9,11-12H,3-8,10H2,1-2H3/t11-,12+,13?. The van der Waals surface area contributed by atoms with Gasteiger partial charge in [0.25, 0.3) is 0 Å². The SMILES string of the molecule is C[C@@H]1CN(CC2(C=O)CCCOC2)C[C@H](C)O1. The van der Waals surface area contributed by atoms with Gasteiger partial charge in [-0.15, -0.1) is 0 Å². The highest BCUT2D eigenvalue weighted by Gasteiger charge is 2.36. The fraction of sp³-hybridized carbons (Fsp3) is 0.923. The summed E-state index contributed by atoms with van der Waals surface area (Å²) in [6.45, 7) is 8.21. The Labute approximate surface area is 103 Å². The van der Waals surface area contributed by atoms with Gasteiger partial charge in [-0.05, 0) is 26.7 Å². The minimum absolute atomic E-state index is 0.256. The molecular formula is C13H23NO3. The molecule has 0 bridgehead atoms. The summed E-state index contributed by atoms with van der Waals surface area (Å²) < 4.78 is 11.2. The van der Waals surface area contributed by atoms with Crippen LogP contribution in [-0.2, 0) is 14.3 Å². The summed E-state index contributed by atoms with van der Waals surface area (Å²) in [7, 11) is 0. The third-order valence-corrected chi connectivity index (χ3v) is 3.64. The average Bonchev–Trinajstić information content (AvgIpc) is 2.29. The number of rotatable bonds is 3. The topological polar surface area (TPSA) is 38.8 Å². The van der Waals surface area contributed by atoms with Crippen molar-refractivity contribution in [3.05, 3.63) is 0 Å². The number of hydrogen-bond donors (Lipinski definition) is 0. The highest BCUT2D eigenvalue weighted by molar-refractivity contribution is 5.60. The molecule has 0 aromatic rings. The van der Waals surface area contributed by atoms with E-state index in [-0.39, 0.29) is 17.6 Å². The summed E-state index contributed by atoms with van der Waals surface area (Å²) in [4.78, 5) is 13.7. The van der Waals surface area contributed by atoms with Gasteiger partial charge in [0.15, 0.2) is 0 Å². The third kappa shape index (κ3) is 3.27. The Morgan fingerprint density at radius 1 is 1.35 bits per heavy atom. The molecule has 2 rings (SSSR count). The Balaban J connectivity index is 1.95. The van der Waals surface area contributed by atoms with Gasteiger partial charge in [0, 0.05) is 26.2 Å². The van der Waals surface area contributed by atoms with Crippen molar-refractivity contribution < 1.29 is 14.3 Å². The van der Waals surface area contributed by atoms with E-state index in [0.717, 1.165) is 45.4 Å². The van der Waals surface area contributed by atoms with Crippen LogP contribution in [0.2, 0.25) is 0 Å². The van der Waals surface area contributed by atoms with Crippen molar-refractivity contribution in [1.29, 1.82) is 0 Å². The molecule has 0 radical (unpaired) electrons. The first-order valence-electron chi connectivity index (χ1n) is 6.55. The van der Waals surface area contributed by atoms with Crippen molar-refractivity contribution in [3.63, 3.8) is 0 Å². The minimum Gasteiger partial charge on any atom is -0.380 e. The molecule has 0 amide bonds. The first kappa shape index (κ1) is 13.0. The van der Waals surface area contributed by atoms with Gasteiger partial charge in [-0.1, -0.05) is 0 Å². The van der Waals surface area contributed by atoms with Crippen molar-refractivity contribution in [3.8, 4) is 0 Å². The van der Waals surface area contributed by atoms with Gasteiger partial charge < -0.3 is 14.3 Å². The van der Waals surface area contributed by atoms with Crippen LogP contribution in [0.25, 0.3) is 0 Å². The van der Waals surface area contributed by atoms with Gasteiger partial charge in [0.1, 0.15) is 6.29 Å². The van der Waals surface area contributed by atoms with Crippen molar-refractivity contribution in [2.75, 3.05) is 32.8 Å². The van der Waals surface area contributed by atoms with E-state index in [1.165, 1.54) is 0 Å². The summed E-state index contributed by atoms with van der Waals surface area (Å²) in [6.07, 6.45) is 3.57. The van der Waals surface area contributed by atoms with Crippen molar-refractivity contribution >= 4 is 6.29 Å². The molecule has 0 N–H and O–H groups in total. The van der Waals surface area contributed by atoms with E-state index in [9.17, 15) is 4.79 Å². The first-order chi connectivity index (χ1) is 8.13. The molecule has 4 heteroatoms. The number of carbonyl (C=O) groups excluding carboxylic acids is 1. The number of carbonyl (C=O) groups is 1. The highest BCUT2D eigenvalue weighted by atomic mass is 16.5. The van der Waals surface area contributed by atoms with Gasteiger partial charge in [0.05, 0.1) is 24.2 Å². The zero-order chi connectivity index (χ0) is 12.3. The number of hydrogen-bond acceptors (Lipinski definition) is 4. The smallest absolute Gasteiger partial charge is 0.129 e. The molecule has 2 aliphatic heterocycles. The zero-order valence-corrected chi connectivity index (χ0v) is 10.9. The molecule has 2 saturated heterocycles. The van der Waals surface area contributed by atoms with E-state index in [0.29, 0.717) is 6.61 Å². The van der Waals surface area contributed by atoms with E-state index in [1.54, 1.807) is 0 Å². The van der Waals surface area contributed by atoms with E-state index in [4.69, 9.17) is 9.47 Å². The van der Waals surface area contributed by atoms with Crippen LogP contribution in [0.5, 0.6) is 0 Å². The molecule has 17 heavy (non-hydrogen) atoms. The maximum Gasteiger partial charge on any atom is 0.129 e. The first-order valence-corrected chi connectivity index (χ1v) is 6.55. The zero-order valence-electron chi connectivity index (χ0n) is 10.9. The lowest BCUT2D eigenvalue weighted by atomic mass is 9.83. The van der Waals surface area contributed by atoms with Crippen molar-refractivity contribution in [1.82, 2.24) is 4.90 Å². The van der Waals surface area contributed by atoms with Crippen LogP contribution in [-0.4, -0.2) is 56.2 Å². The molecule has 0 spiro atoms. The second-order valence-electron chi connectivity index (χ2n) is 5.59. The van der Waals surface area contributed by atoms with Crippen LogP contribution in [0.4, 0.5) is 0 Å². The number of morpholine rings is 1. The summed E-state index contributed by atoms with van der Waals surface area (Å²) >= 11 is 0. The monoisotopic (exact) mass is 241 g/mol. The Kier molecular flexibility index (Phi) is 4.17. The quantitative estimate of drug-likeness (QED) is 0.693. The van der Waals surface area contributed by atoms with E-state index < -0.39 is 0 Å². The Morgan fingerprint density at radius 3 is 2.59 bits per heavy atom. The lowest BCUT2D eigenvalue weighted by Crippen LogP contribution is -2.52. The maximum atomic E-state index is 11.4. The maximum absolute atomic E-state index is 11.4. The second-order valence-corrected chi connectivity index (χ2v) is 5.59. The highest BCUT2D eigenvalue weighted by Crippen LogP contribution is 2.28. The largest absolute Gasteiger partial charge is 0.380 e. The molecule has 0 saturated carbocycles. The van der Waals surface area contributed by atoms with Gasteiger partial charge in [0.2, 0.25) is 0 Å². The number of nitrogens with zero attached hydrogens (tertiary/aromatic N) is 1. The van der Waals surface area contributed by atoms with Crippen LogP contribution >= 0.6 is 0 Å². The predicted octanol–water partition coefficient (Wildman–Crippen LogP) is 1.09. The predicted molar refractivity (Wildman–Crippen MR) is 65.0 cm³/mol. The molecule has 0 aliphatic carbocycles. The molecule has 98 valence electrons. The summed E-state index contributed by atoms with van der Waals surface area (Å²) in [6, 6.07) is 0. The van der Waals surface area contributed by atoms with Crippen molar-refractivity contribution in [2.45, 2.75) is 38.9 Å². The van der Waals surface area contributed by atoms with Gasteiger partial charge in [-0.25, -0.2) is 0 Å². The van der Waals surface area contributed by atoms with Crippen LogP contribution in [0.15, 0.2) is 0 Å². The van der Waals surface area contributed by atoms with Crippen LogP contribution in [0.1, 0.15) is 26.7 Å². The van der Waals surface area contributed by atoms with Crippen LogP contribution < -0.4 is 0 Å². The molecule has 4 nitrogen and oxygen atoms in total. The molecule has 2 aliphatic rings. The number of aldehydes is 1. The summed E-state index contributed by atoms with van der Waals surface area (Å²) in [5, 5.41) is 0. The van der Waals surface area contributed by atoms with Gasteiger partial charge in [-0.3, -0.25) is 4.90 Å². The molecule has 0 aromatic heterocycles. The lowest BCUT2D eigenvalue weighted by molar-refractivity contribution is -0.130. The molecule has 0 aromatic carbocycles. The average molecular weight is 241 g/mol. The van der Waals surface area contributed by atoms with Crippen LogP contribution in [0.3, 0.4) is 0 Å². The molecule has 2 fully saturated rings. The Morgan fingerprint density at radius 2 is 2.06 bits per heavy atom. The fourth-order valence-electron chi connectivity index (χ4n) is 2.99. The Bertz CT molecular complexity index is 253. The molecule has 3 atom stereocenters. The summed E-state index contributed by atoms with van der Waals surface area (Å²) in [5.41, 5.74) is -0.283. The lowest BCUT2D eigenvalue weighted by Gasteiger charge is -2.41. The second kappa shape index (κ2) is 5.46. The van der Waals surface area contributed by atoms with E-state index in [2.05, 4.69) is 18.7 Å². The fourth-order valence-corrected chi connectivity index (χ4v) is 2.99. The molecule has 1 unspecified atom stereocenters. The molecular weight excluding hydrogens is 218 g/mol. The normalized spacial score (nSPS) is 40.1. The summed E-state index contributed by atoms with van der Waals surface area (Å²) in [5.74, 6) is 0. The Hall–Kier alpha value is -0.450. The molecule has 2 heterocycles. The van der Waals surface area contributed by atoms with E-state index >= 15 is 0 Å². The van der Waals surface area contributed by atoms with Gasteiger partial charge >= 0.3 is 0 Å². The number of ether oxygens (including phenoxy) is 2. The van der Waals surface area contributed by atoms with Crippen LogP contribution in [0, 0.1) is 5.41 Å². The van der Waals surface area contributed by atoms with Crippen molar-refractivity contribution in [2.24, 2.45) is 5.41 Å².